The number of nitrogens with one attached hydrogen (secondary N) is 1. The lowest BCUT2D eigenvalue weighted by Gasteiger charge is -2.32. The standard InChI is InChI=1S/C28H32N2O6/c1-33-22-11-6-8-19(16-22)18-30(28(32)24-12-7-15-36-24)26(27(31)29-21-9-4-5-10-21)20-13-14-23(34-2)25(17-20)35-3/h6-8,11-17,21,26H,4-5,9-10,18H2,1-3H3,(H,29,31)/t26-/m1/s1. The molecule has 1 fully saturated rings. The summed E-state index contributed by atoms with van der Waals surface area (Å²) in [7, 11) is 4.68. The normalized spacial score (nSPS) is 14.2. The van der Waals surface area contributed by atoms with Gasteiger partial charge in [-0.25, -0.2) is 0 Å². The molecule has 1 saturated carbocycles. The predicted molar refractivity (Wildman–Crippen MR) is 134 cm³/mol. The van der Waals surface area contributed by atoms with Gasteiger partial charge in [0.15, 0.2) is 17.3 Å². The highest BCUT2D eigenvalue weighted by molar-refractivity contribution is 5.96. The number of carbonyl (C=O) groups excluding carboxylic acids is 2. The molecule has 2 aromatic carbocycles. The number of methoxy groups -OCH3 is 3. The fourth-order valence-electron chi connectivity index (χ4n) is 4.64. The van der Waals surface area contributed by atoms with Crippen LogP contribution in [0.1, 0.15) is 53.4 Å². The summed E-state index contributed by atoms with van der Waals surface area (Å²) in [5, 5.41) is 3.17. The lowest BCUT2D eigenvalue weighted by Crippen LogP contribution is -2.45. The molecule has 1 N–H and O–H groups in total. The molecule has 4 rings (SSSR count). The number of ether oxygens (including phenoxy) is 3. The van der Waals surface area contributed by atoms with E-state index in [0.29, 0.717) is 22.8 Å². The van der Waals surface area contributed by atoms with Crippen molar-refractivity contribution in [3.63, 3.8) is 0 Å². The van der Waals surface area contributed by atoms with Crippen molar-refractivity contribution < 1.29 is 28.2 Å². The van der Waals surface area contributed by atoms with Crippen molar-refractivity contribution in [3.05, 3.63) is 77.7 Å². The second-order valence-electron chi connectivity index (χ2n) is 8.77. The second-order valence-corrected chi connectivity index (χ2v) is 8.77. The molecule has 1 heterocycles. The summed E-state index contributed by atoms with van der Waals surface area (Å²) in [6.45, 7) is 0.161. The Morgan fingerprint density at radius 3 is 2.42 bits per heavy atom. The number of hydrogen-bond donors (Lipinski definition) is 1. The minimum atomic E-state index is -0.936. The van der Waals surface area contributed by atoms with Crippen molar-refractivity contribution in [1.29, 1.82) is 0 Å². The van der Waals surface area contributed by atoms with Gasteiger partial charge in [0.1, 0.15) is 11.8 Å². The number of nitrogens with zero attached hydrogens (tertiary/aromatic N) is 1. The monoisotopic (exact) mass is 492 g/mol. The SMILES string of the molecule is COc1cccc(CN(C(=O)c2ccco2)[C@@H](C(=O)NC2CCCC2)c2ccc(OC)c(OC)c2)c1. The zero-order valence-electron chi connectivity index (χ0n) is 20.9. The van der Waals surface area contributed by atoms with Crippen LogP contribution in [0.4, 0.5) is 0 Å². The molecule has 0 aliphatic heterocycles. The fraction of sp³-hybridized carbons (Fsp3) is 0.357. The van der Waals surface area contributed by atoms with Crippen molar-refractivity contribution >= 4 is 11.8 Å². The van der Waals surface area contributed by atoms with E-state index in [1.54, 1.807) is 44.6 Å². The van der Waals surface area contributed by atoms with Crippen LogP contribution in [0, 0.1) is 0 Å². The molecule has 8 nitrogen and oxygen atoms in total. The summed E-state index contributed by atoms with van der Waals surface area (Å²) in [5.41, 5.74) is 1.42. The number of amides is 2. The van der Waals surface area contributed by atoms with E-state index in [2.05, 4.69) is 5.32 Å². The number of benzene rings is 2. The zero-order chi connectivity index (χ0) is 25.5. The summed E-state index contributed by atoms with van der Waals surface area (Å²) in [6, 6.07) is 15.1. The van der Waals surface area contributed by atoms with E-state index < -0.39 is 11.9 Å². The van der Waals surface area contributed by atoms with Gasteiger partial charge >= 0.3 is 0 Å². The molecule has 0 unspecified atom stereocenters. The van der Waals surface area contributed by atoms with Gasteiger partial charge in [-0.3, -0.25) is 9.59 Å². The number of furan rings is 1. The van der Waals surface area contributed by atoms with E-state index in [1.165, 1.54) is 18.3 Å². The quantitative estimate of drug-likeness (QED) is 0.439. The molecular weight excluding hydrogens is 460 g/mol. The van der Waals surface area contributed by atoms with Crippen molar-refractivity contribution in [2.24, 2.45) is 0 Å². The van der Waals surface area contributed by atoms with Crippen molar-refractivity contribution in [3.8, 4) is 17.2 Å². The highest BCUT2D eigenvalue weighted by Crippen LogP contribution is 2.34. The molecule has 1 aliphatic rings. The smallest absolute Gasteiger partial charge is 0.290 e. The first-order valence-electron chi connectivity index (χ1n) is 12.0. The van der Waals surface area contributed by atoms with Gasteiger partial charge in [-0.15, -0.1) is 0 Å². The van der Waals surface area contributed by atoms with E-state index >= 15 is 0 Å². The first kappa shape index (κ1) is 25.2. The maximum Gasteiger partial charge on any atom is 0.290 e. The van der Waals surface area contributed by atoms with E-state index in [1.807, 2.05) is 24.3 Å². The van der Waals surface area contributed by atoms with Gasteiger partial charge in [-0.2, -0.15) is 0 Å². The number of rotatable bonds is 10. The Balaban J connectivity index is 1.79. The van der Waals surface area contributed by atoms with Gasteiger partial charge in [0.25, 0.3) is 5.91 Å². The summed E-state index contributed by atoms with van der Waals surface area (Å²) in [6.07, 6.45) is 5.44. The van der Waals surface area contributed by atoms with Gasteiger partial charge in [0.05, 0.1) is 27.6 Å². The lowest BCUT2D eigenvalue weighted by molar-refractivity contribution is -0.126. The minimum Gasteiger partial charge on any atom is -0.497 e. The molecule has 1 aromatic heterocycles. The summed E-state index contributed by atoms with van der Waals surface area (Å²) in [5.74, 6) is 1.17. The first-order valence-corrected chi connectivity index (χ1v) is 12.0. The molecule has 0 radical (unpaired) electrons. The Hall–Kier alpha value is -3.94. The fourth-order valence-corrected chi connectivity index (χ4v) is 4.64. The zero-order valence-corrected chi connectivity index (χ0v) is 20.9. The van der Waals surface area contributed by atoms with Crippen LogP contribution < -0.4 is 19.5 Å². The second kappa shape index (κ2) is 11.7. The van der Waals surface area contributed by atoms with Gasteiger partial charge in [0.2, 0.25) is 5.91 Å². The largest absolute Gasteiger partial charge is 0.497 e. The topological polar surface area (TPSA) is 90.2 Å². The van der Waals surface area contributed by atoms with Gasteiger partial charge in [-0.1, -0.05) is 31.0 Å². The molecular formula is C28H32N2O6. The molecule has 0 bridgehead atoms. The van der Waals surface area contributed by atoms with Crippen molar-refractivity contribution in [2.45, 2.75) is 44.3 Å². The van der Waals surface area contributed by atoms with Crippen LogP contribution in [0.5, 0.6) is 17.2 Å². The van der Waals surface area contributed by atoms with Crippen LogP contribution in [-0.2, 0) is 11.3 Å². The average Bonchev–Trinajstić information content (AvgIpc) is 3.63. The van der Waals surface area contributed by atoms with Crippen LogP contribution in [0.2, 0.25) is 0 Å². The highest BCUT2D eigenvalue weighted by atomic mass is 16.5. The van der Waals surface area contributed by atoms with Crippen molar-refractivity contribution in [1.82, 2.24) is 10.2 Å². The molecule has 1 aliphatic carbocycles. The molecule has 1 atom stereocenters. The summed E-state index contributed by atoms with van der Waals surface area (Å²) >= 11 is 0. The average molecular weight is 493 g/mol. The highest BCUT2D eigenvalue weighted by Gasteiger charge is 2.35. The third kappa shape index (κ3) is 5.64. The van der Waals surface area contributed by atoms with Crippen LogP contribution in [-0.4, -0.2) is 44.1 Å². The Bertz CT molecular complexity index is 1170. The van der Waals surface area contributed by atoms with Crippen LogP contribution >= 0.6 is 0 Å². The van der Waals surface area contributed by atoms with E-state index in [0.717, 1.165) is 31.2 Å². The minimum absolute atomic E-state index is 0.0810. The van der Waals surface area contributed by atoms with Gasteiger partial charge in [0, 0.05) is 12.6 Å². The molecule has 8 heteroatoms. The summed E-state index contributed by atoms with van der Waals surface area (Å²) in [4.78, 5) is 29.1. The lowest BCUT2D eigenvalue weighted by atomic mass is 10.0. The predicted octanol–water partition coefficient (Wildman–Crippen LogP) is 4.75. The Labute approximate surface area is 211 Å². The van der Waals surface area contributed by atoms with E-state index in [9.17, 15) is 9.59 Å². The van der Waals surface area contributed by atoms with E-state index in [4.69, 9.17) is 18.6 Å². The number of hydrogen-bond acceptors (Lipinski definition) is 6. The molecule has 36 heavy (non-hydrogen) atoms. The first-order chi connectivity index (χ1) is 17.5. The Kier molecular flexibility index (Phi) is 8.15. The molecule has 3 aromatic rings. The third-order valence-corrected chi connectivity index (χ3v) is 6.46. The van der Waals surface area contributed by atoms with Crippen molar-refractivity contribution in [2.75, 3.05) is 21.3 Å². The maximum atomic E-state index is 13.9. The van der Waals surface area contributed by atoms with Gasteiger partial charge in [-0.05, 0) is 60.4 Å². The van der Waals surface area contributed by atoms with Crippen LogP contribution in [0.25, 0.3) is 0 Å². The van der Waals surface area contributed by atoms with Crippen LogP contribution in [0.3, 0.4) is 0 Å². The molecule has 2 amide bonds. The third-order valence-electron chi connectivity index (χ3n) is 6.46. The number of carbonyl (C=O) groups is 2. The molecule has 0 saturated heterocycles. The molecule has 190 valence electrons. The Morgan fingerprint density at radius 2 is 1.75 bits per heavy atom. The summed E-state index contributed by atoms with van der Waals surface area (Å²) < 4.78 is 21.7. The Morgan fingerprint density at radius 1 is 0.972 bits per heavy atom. The van der Waals surface area contributed by atoms with Gasteiger partial charge < -0.3 is 28.8 Å². The maximum absolute atomic E-state index is 13.9. The molecule has 0 spiro atoms. The van der Waals surface area contributed by atoms with Crippen LogP contribution in [0.15, 0.2) is 65.3 Å². The van der Waals surface area contributed by atoms with E-state index in [-0.39, 0.29) is 24.3 Å².